The van der Waals surface area contributed by atoms with E-state index in [1.165, 1.54) is 32.1 Å². The number of hydrogen-bond donors (Lipinski definition) is 3. The highest BCUT2D eigenvalue weighted by atomic mass is 15.3. The lowest BCUT2D eigenvalue weighted by Gasteiger charge is -2.30. The normalized spacial score (nSPS) is 17.5. The van der Waals surface area contributed by atoms with Gasteiger partial charge in [-0.05, 0) is 31.6 Å². The highest BCUT2D eigenvalue weighted by Gasteiger charge is 2.22. The van der Waals surface area contributed by atoms with E-state index in [2.05, 4.69) is 34.6 Å². The molecule has 1 unspecified atom stereocenters. The topological polar surface area (TPSA) is 75.9 Å². The third-order valence-corrected chi connectivity index (χ3v) is 4.39. The number of nitrogen functional groups attached to an aromatic ring is 1. The number of aryl methyl sites for hydroxylation is 1. The average Bonchev–Trinajstić information content (AvgIpc) is 2.53. The summed E-state index contributed by atoms with van der Waals surface area (Å²) >= 11 is 0. The van der Waals surface area contributed by atoms with Crippen LogP contribution in [0.25, 0.3) is 0 Å². The smallest absolute Gasteiger partial charge is 0.145 e. The van der Waals surface area contributed by atoms with Gasteiger partial charge in [-0.15, -0.1) is 0 Å². The van der Waals surface area contributed by atoms with Crippen molar-refractivity contribution in [2.24, 2.45) is 11.8 Å². The molecule has 1 fully saturated rings. The molecule has 1 heterocycles. The Morgan fingerprint density at radius 3 is 2.52 bits per heavy atom. The number of nitrogens with two attached hydrogens (primary N) is 1. The molecule has 1 saturated carbocycles. The molecule has 5 heteroatoms. The zero-order chi connectivity index (χ0) is 15.1. The number of nitrogens with one attached hydrogen (secondary N) is 2. The largest absolute Gasteiger partial charge is 0.367 e. The number of rotatable bonds is 7. The fourth-order valence-electron chi connectivity index (χ4n) is 3.26. The Kier molecular flexibility index (Phi) is 6.23. The molecule has 4 N–H and O–H groups in total. The van der Waals surface area contributed by atoms with Gasteiger partial charge in [-0.1, -0.05) is 33.1 Å². The molecule has 0 saturated heterocycles. The molecule has 1 aromatic rings. The molecule has 0 amide bonds. The lowest BCUT2D eigenvalue weighted by molar-refractivity contribution is 0.312. The van der Waals surface area contributed by atoms with E-state index in [-0.39, 0.29) is 0 Å². The standard InChI is InChI=1S/C16H29N5/c1-3-8-14-19-15(11-16(20-14)21-17)18-13(4-2)12-9-6-5-7-10-12/h11-13H,3-10,17H2,1-2H3,(H2,18,19,20,21). The lowest BCUT2D eigenvalue weighted by Crippen LogP contribution is -2.30. The van der Waals surface area contributed by atoms with E-state index in [9.17, 15) is 0 Å². The van der Waals surface area contributed by atoms with E-state index in [1.54, 1.807) is 0 Å². The van der Waals surface area contributed by atoms with Crippen molar-refractivity contribution in [2.45, 2.75) is 71.3 Å². The number of aromatic nitrogens is 2. The molecular formula is C16H29N5. The maximum atomic E-state index is 5.52. The van der Waals surface area contributed by atoms with Crippen LogP contribution in [0.15, 0.2) is 6.07 Å². The molecule has 1 aromatic heterocycles. The summed E-state index contributed by atoms with van der Waals surface area (Å²) < 4.78 is 0. The third kappa shape index (κ3) is 4.56. The van der Waals surface area contributed by atoms with Crippen LogP contribution in [0.4, 0.5) is 11.6 Å². The zero-order valence-corrected chi connectivity index (χ0v) is 13.4. The summed E-state index contributed by atoms with van der Waals surface area (Å²) in [6.45, 7) is 4.39. The molecule has 0 spiro atoms. The van der Waals surface area contributed by atoms with Crippen molar-refractivity contribution in [2.75, 3.05) is 10.7 Å². The second-order valence-electron chi connectivity index (χ2n) is 6.01. The van der Waals surface area contributed by atoms with Crippen molar-refractivity contribution in [3.63, 3.8) is 0 Å². The molecule has 0 radical (unpaired) electrons. The second-order valence-corrected chi connectivity index (χ2v) is 6.01. The van der Waals surface area contributed by atoms with Gasteiger partial charge < -0.3 is 10.7 Å². The number of hydrogen-bond acceptors (Lipinski definition) is 5. The minimum Gasteiger partial charge on any atom is -0.367 e. The van der Waals surface area contributed by atoms with Gasteiger partial charge >= 0.3 is 0 Å². The Morgan fingerprint density at radius 1 is 1.19 bits per heavy atom. The van der Waals surface area contributed by atoms with Crippen LogP contribution in [0.2, 0.25) is 0 Å². The molecule has 1 atom stereocenters. The minimum atomic E-state index is 0.500. The molecule has 2 rings (SSSR count). The minimum absolute atomic E-state index is 0.500. The molecule has 0 bridgehead atoms. The predicted octanol–water partition coefficient (Wildman–Crippen LogP) is 3.49. The van der Waals surface area contributed by atoms with E-state index in [1.807, 2.05) is 6.07 Å². The van der Waals surface area contributed by atoms with Crippen LogP contribution in [0.5, 0.6) is 0 Å². The highest BCUT2D eigenvalue weighted by Crippen LogP contribution is 2.29. The zero-order valence-electron chi connectivity index (χ0n) is 13.4. The van der Waals surface area contributed by atoms with Crippen LogP contribution >= 0.6 is 0 Å². The van der Waals surface area contributed by atoms with E-state index in [0.29, 0.717) is 11.9 Å². The molecule has 1 aliphatic rings. The van der Waals surface area contributed by atoms with Crippen molar-refractivity contribution in [3.8, 4) is 0 Å². The van der Waals surface area contributed by atoms with Crippen molar-refractivity contribution >= 4 is 11.6 Å². The summed E-state index contributed by atoms with van der Waals surface area (Å²) in [5, 5.41) is 3.63. The first-order chi connectivity index (χ1) is 10.3. The van der Waals surface area contributed by atoms with E-state index >= 15 is 0 Å². The van der Waals surface area contributed by atoms with Crippen molar-refractivity contribution < 1.29 is 0 Å². The van der Waals surface area contributed by atoms with Crippen molar-refractivity contribution in [3.05, 3.63) is 11.9 Å². The number of anilines is 2. The fourth-order valence-corrected chi connectivity index (χ4v) is 3.26. The Balaban J connectivity index is 2.09. The monoisotopic (exact) mass is 291 g/mol. The summed E-state index contributed by atoms with van der Waals surface area (Å²) in [6.07, 6.45) is 9.83. The molecule has 21 heavy (non-hydrogen) atoms. The van der Waals surface area contributed by atoms with Gasteiger partial charge in [0.25, 0.3) is 0 Å². The first-order valence-electron chi connectivity index (χ1n) is 8.37. The molecule has 0 aliphatic heterocycles. The Labute approximate surface area is 128 Å². The van der Waals surface area contributed by atoms with Crippen LogP contribution in [0.3, 0.4) is 0 Å². The van der Waals surface area contributed by atoms with E-state index < -0.39 is 0 Å². The van der Waals surface area contributed by atoms with Crippen LogP contribution in [-0.4, -0.2) is 16.0 Å². The number of hydrazine groups is 1. The van der Waals surface area contributed by atoms with Crippen LogP contribution < -0.4 is 16.6 Å². The summed E-state index contributed by atoms with van der Waals surface area (Å²) in [7, 11) is 0. The summed E-state index contributed by atoms with van der Waals surface area (Å²) in [5.74, 6) is 8.73. The average molecular weight is 291 g/mol. The Morgan fingerprint density at radius 2 is 1.90 bits per heavy atom. The Hall–Kier alpha value is -1.36. The molecule has 1 aliphatic carbocycles. The summed E-state index contributed by atoms with van der Waals surface area (Å²) in [5.41, 5.74) is 2.65. The van der Waals surface area contributed by atoms with Crippen LogP contribution in [0.1, 0.15) is 64.6 Å². The maximum Gasteiger partial charge on any atom is 0.145 e. The quantitative estimate of drug-likeness (QED) is 0.529. The molecule has 5 nitrogen and oxygen atoms in total. The van der Waals surface area contributed by atoms with E-state index in [4.69, 9.17) is 5.84 Å². The molecular weight excluding hydrogens is 262 g/mol. The van der Waals surface area contributed by atoms with Gasteiger partial charge in [0.15, 0.2) is 0 Å². The van der Waals surface area contributed by atoms with Crippen molar-refractivity contribution in [1.82, 2.24) is 9.97 Å². The van der Waals surface area contributed by atoms with Gasteiger partial charge in [-0.3, -0.25) is 0 Å². The van der Waals surface area contributed by atoms with E-state index in [0.717, 1.165) is 36.8 Å². The van der Waals surface area contributed by atoms with Gasteiger partial charge in [0, 0.05) is 18.5 Å². The Bertz CT molecular complexity index is 429. The SMILES string of the molecule is CCCc1nc(NN)cc(NC(CC)C2CCCCC2)n1. The summed E-state index contributed by atoms with van der Waals surface area (Å²) in [4.78, 5) is 9.04. The van der Waals surface area contributed by atoms with Gasteiger partial charge in [0.2, 0.25) is 0 Å². The third-order valence-electron chi connectivity index (χ3n) is 4.39. The van der Waals surface area contributed by atoms with Gasteiger partial charge in [0.1, 0.15) is 17.5 Å². The number of nitrogens with zero attached hydrogens (tertiary/aromatic N) is 2. The summed E-state index contributed by atoms with van der Waals surface area (Å²) in [6, 6.07) is 2.41. The van der Waals surface area contributed by atoms with Crippen molar-refractivity contribution in [1.29, 1.82) is 0 Å². The van der Waals surface area contributed by atoms with Gasteiger partial charge in [-0.2, -0.15) is 0 Å². The highest BCUT2D eigenvalue weighted by molar-refractivity contribution is 5.47. The molecule has 0 aromatic carbocycles. The lowest BCUT2D eigenvalue weighted by atomic mass is 9.83. The maximum absolute atomic E-state index is 5.52. The first-order valence-corrected chi connectivity index (χ1v) is 8.37. The van der Waals surface area contributed by atoms with Gasteiger partial charge in [-0.25, -0.2) is 15.8 Å². The van der Waals surface area contributed by atoms with Crippen LogP contribution in [-0.2, 0) is 6.42 Å². The second kappa shape index (κ2) is 8.17. The van der Waals surface area contributed by atoms with Crippen LogP contribution in [0, 0.1) is 5.92 Å². The van der Waals surface area contributed by atoms with Gasteiger partial charge in [0.05, 0.1) is 0 Å². The first kappa shape index (κ1) is 16.0. The fraction of sp³-hybridized carbons (Fsp3) is 0.750. The predicted molar refractivity (Wildman–Crippen MR) is 88.1 cm³/mol. The molecule has 118 valence electrons.